The molecular weight excluding hydrogens is 364 g/mol. The molecule has 1 spiro atoms. The monoisotopic (exact) mass is 376 g/mol. The van der Waals surface area contributed by atoms with Gasteiger partial charge < -0.3 is 14.6 Å². The third kappa shape index (κ3) is 2.14. The second-order valence-corrected chi connectivity index (χ2v) is 6.59. The first-order chi connectivity index (χ1) is 8.60. The van der Waals surface area contributed by atoms with Gasteiger partial charge in [0, 0.05) is 31.2 Å². The molecule has 0 bridgehead atoms. The van der Waals surface area contributed by atoms with E-state index in [9.17, 15) is 4.79 Å². The lowest BCUT2D eigenvalue weighted by Gasteiger charge is -2.49. The molecule has 0 aromatic carbocycles. The largest absolute Gasteiger partial charge is 0.443 e. The number of hydrogen-bond acceptors (Lipinski definition) is 3. The van der Waals surface area contributed by atoms with Crippen molar-refractivity contribution in [2.75, 3.05) is 19.6 Å². The molecular formula is C12H14Br2N2O2. The number of amides is 1. The lowest BCUT2D eigenvalue weighted by Crippen LogP contribution is -2.64. The molecule has 4 nitrogen and oxygen atoms in total. The highest BCUT2D eigenvalue weighted by Gasteiger charge is 2.42. The molecule has 0 unspecified atom stereocenters. The minimum atomic E-state index is -0.0193. The van der Waals surface area contributed by atoms with E-state index in [4.69, 9.17) is 4.42 Å². The molecule has 6 heteroatoms. The van der Waals surface area contributed by atoms with Crippen molar-refractivity contribution >= 4 is 37.8 Å². The van der Waals surface area contributed by atoms with Crippen LogP contribution in [0.5, 0.6) is 0 Å². The van der Waals surface area contributed by atoms with Crippen molar-refractivity contribution in [3.63, 3.8) is 0 Å². The summed E-state index contributed by atoms with van der Waals surface area (Å²) >= 11 is 6.59. The Hall–Kier alpha value is -0.330. The molecule has 1 aliphatic heterocycles. The third-order valence-corrected chi connectivity index (χ3v) is 5.54. The van der Waals surface area contributed by atoms with Crippen molar-refractivity contribution in [1.29, 1.82) is 0 Å². The van der Waals surface area contributed by atoms with E-state index in [0.29, 0.717) is 10.4 Å². The third-order valence-electron chi connectivity index (χ3n) is 3.83. The molecule has 0 atom stereocenters. The number of carbonyl (C=O) groups excluding carboxylic acids is 1. The van der Waals surface area contributed by atoms with Gasteiger partial charge in [0.2, 0.25) is 0 Å². The van der Waals surface area contributed by atoms with Crippen molar-refractivity contribution in [2.45, 2.75) is 24.8 Å². The normalized spacial score (nSPS) is 22.0. The quantitative estimate of drug-likeness (QED) is 0.818. The zero-order chi connectivity index (χ0) is 12.8. The molecule has 2 heterocycles. The number of rotatable bonds is 1. The highest BCUT2D eigenvalue weighted by molar-refractivity contribution is 9.13. The molecule has 1 saturated carbocycles. The zero-order valence-electron chi connectivity index (χ0n) is 9.84. The number of nitrogens with zero attached hydrogens (tertiary/aromatic N) is 1. The Balaban J connectivity index is 1.75. The lowest BCUT2D eigenvalue weighted by molar-refractivity contribution is 0.0440. The van der Waals surface area contributed by atoms with E-state index in [0.717, 1.165) is 24.1 Å². The van der Waals surface area contributed by atoms with Crippen LogP contribution in [0.2, 0.25) is 0 Å². The summed E-state index contributed by atoms with van der Waals surface area (Å²) in [5, 5.41) is 3.54. The van der Waals surface area contributed by atoms with Gasteiger partial charge in [-0.2, -0.15) is 0 Å². The fraction of sp³-hybridized carbons (Fsp3) is 0.583. The Morgan fingerprint density at radius 2 is 2.22 bits per heavy atom. The van der Waals surface area contributed by atoms with Crippen LogP contribution in [0.1, 0.15) is 29.8 Å². The second-order valence-electron chi connectivity index (χ2n) is 5.02. The van der Waals surface area contributed by atoms with Gasteiger partial charge in [-0.15, -0.1) is 0 Å². The Bertz CT molecular complexity index is 463. The first-order valence-corrected chi connectivity index (χ1v) is 7.67. The molecule has 1 aromatic heterocycles. The number of carbonyl (C=O) groups is 1. The predicted octanol–water partition coefficient (Wildman–Crippen LogP) is 2.77. The molecule has 2 fully saturated rings. The van der Waals surface area contributed by atoms with Gasteiger partial charge in [-0.1, -0.05) is 0 Å². The van der Waals surface area contributed by atoms with Crippen LogP contribution < -0.4 is 5.32 Å². The van der Waals surface area contributed by atoms with E-state index >= 15 is 0 Å². The fourth-order valence-corrected chi connectivity index (χ4v) is 3.25. The van der Waals surface area contributed by atoms with E-state index in [1.807, 2.05) is 4.90 Å². The van der Waals surface area contributed by atoms with Crippen molar-refractivity contribution in [3.05, 3.63) is 21.0 Å². The molecule has 0 radical (unpaired) electrons. The average Bonchev–Trinajstić information content (AvgIpc) is 2.67. The van der Waals surface area contributed by atoms with Crippen LogP contribution in [0.3, 0.4) is 0 Å². The summed E-state index contributed by atoms with van der Waals surface area (Å²) in [6.45, 7) is 2.41. The molecule has 1 aliphatic carbocycles. The van der Waals surface area contributed by atoms with Crippen LogP contribution >= 0.6 is 31.9 Å². The molecule has 1 N–H and O–H groups in total. The molecule has 2 aliphatic rings. The molecule has 18 heavy (non-hydrogen) atoms. The van der Waals surface area contributed by atoms with Crippen molar-refractivity contribution < 1.29 is 9.21 Å². The Morgan fingerprint density at radius 1 is 1.44 bits per heavy atom. The lowest BCUT2D eigenvalue weighted by atomic mass is 9.75. The van der Waals surface area contributed by atoms with Gasteiger partial charge in [-0.25, -0.2) is 0 Å². The summed E-state index contributed by atoms with van der Waals surface area (Å²) in [5.74, 6) is 0.374. The maximum Gasteiger partial charge on any atom is 0.289 e. The Labute approximate surface area is 122 Å². The summed E-state index contributed by atoms with van der Waals surface area (Å²) in [6, 6.07) is 1.72. The van der Waals surface area contributed by atoms with E-state index in [-0.39, 0.29) is 11.4 Å². The van der Waals surface area contributed by atoms with Gasteiger partial charge in [0.15, 0.2) is 10.4 Å². The van der Waals surface area contributed by atoms with E-state index in [1.165, 1.54) is 19.3 Å². The molecule has 3 rings (SSSR count). The zero-order valence-corrected chi connectivity index (χ0v) is 13.0. The predicted molar refractivity (Wildman–Crippen MR) is 74.6 cm³/mol. The summed E-state index contributed by atoms with van der Waals surface area (Å²) in [6.07, 6.45) is 3.59. The van der Waals surface area contributed by atoms with Crippen molar-refractivity contribution in [2.24, 2.45) is 0 Å². The van der Waals surface area contributed by atoms with Crippen LogP contribution in [0.15, 0.2) is 19.6 Å². The number of piperazine rings is 1. The SMILES string of the molecule is O=C(c1cc(Br)c(Br)o1)N1CCNC2(CCC2)C1. The summed E-state index contributed by atoms with van der Waals surface area (Å²) < 4.78 is 6.75. The molecule has 1 aromatic rings. The van der Waals surface area contributed by atoms with Crippen molar-refractivity contribution in [3.8, 4) is 0 Å². The Morgan fingerprint density at radius 3 is 2.78 bits per heavy atom. The number of nitrogens with one attached hydrogen (secondary N) is 1. The van der Waals surface area contributed by atoms with Gasteiger partial charge >= 0.3 is 0 Å². The number of furan rings is 1. The first-order valence-electron chi connectivity index (χ1n) is 6.09. The summed E-state index contributed by atoms with van der Waals surface area (Å²) in [7, 11) is 0. The Kier molecular flexibility index (Phi) is 3.28. The van der Waals surface area contributed by atoms with Gasteiger partial charge in [0.25, 0.3) is 5.91 Å². The maximum absolute atomic E-state index is 12.4. The van der Waals surface area contributed by atoms with Gasteiger partial charge in [0.05, 0.1) is 4.47 Å². The van der Waals surface area contributed by atoms with Crippen LogP contribution in [0, 0.1) is 0 Å². The smallest absolute Gasteiger partial charge is 0.289 e. The average molecular weight is 378 g/mol. The van der Waals surface area contributed by atoms with Gasteiger partial charge in [-0.3, -0.25) is 4.79 Å². The summed E-state index contributed by atoms with van der Waals surface area (Å²) in [4.78, 5) is 14.3. The standard InChI is InChI=1S/C12H14Br2N2O2/c13-8-6-9(18-10(8)14)11(17)16-5-4-15-12(7-16)2-1-3-12/h6,15H,1-5,7H2. The molecule has 1 saturated heterocycles. The van der Waals surface area contributed by atoms with E-state index < -0.39 is 0 Å². The van der Waals surface area contributed by atoms with Crippen LogP contribution in [-0.2, 0) is 0 Å². The number of halogens is 2. The van der Waals surface area contributed by atoms with Gasteiger partial charge in [0.1, 0.15) is 0 Å². The maximum atomic E-state index is 12.4. The van der Waals surface area contributed by atoms with E-state index in [1.54, 1.807) is 6.07 Å². The minimum absolute atomic E-state index is 0.0193. The first kappa shape index (κ1) is 12.7. The van der Waals surface area contributed by atoms with Crippen LogP contribution in [0.4, 0.5) is 0 Å². The van der Waals surface area contributed by atoms with Gasteiger partial charge in [-0.05, 0) is 51.1 Å². The highest BCUT2D eigenvalue weighted by atomic mass is 79.9. The van der Waals surface area contributed by atoms with E-state index in [2.05, 4.69) is 37.2 Å². The minimum Gasteiger partial charge on any atom is -0.443 e. The molecule has 1 amide bonds. The fourth-order valence-electron chi connectivity index (χ4n) is 2.68. The highest BCUT2D eigenvalue weighted by Crippen LogP contribution is 2.35. The molecule has 98 valence electrons. The topological polar surface area (TPSA) is 45.5 Å². The van der Waals surface area contributed by atoms with Crippen LogP contribution in [0.25, 0.3) is 0 Å². The summed E-state index contributed by atoms with van der Waals surface area (Å²) in [5.41, 5.74) is 0.176. The second kappa shape index (κ2) is 4.65. The van der Waals surface area contributed by atoms with Crippen molar-refractivity contribution in [1.82, 2.24) is 10.2 Å². The number of hydrogen-bond donors (Lipinski definition) is 1. The van der Waals surface area contributed by atoms with Crippen LogP contribution in [-0.4, -0.2) is 36.0 Å².